The quantitative estimate of drug-likeness (QED) is 0.776. The number of methoxy groups -OCH3 is 1. The molecule has 0 aliphatic heterocycles. The lowest BCUT2D eigenvalue weighted by molar-refractivity contribution is 0.00318. The van der Waals surface area contributed by atoms with Gasteiger partial charge in [-0.15, -0.1) is 0 Å². The van der Waals surface area contributed by atoms with Gasteiger partial charge in [-0.3, -0.25) is 4.90 Å². The predicted molar refractivity (Wildman–Crippen MR) is 73.1 cm³/mol. The topological polar surface area (TPSA) is 38.5 Å². The van der Waals surface area contributed by atoms with E-state index in [-0.39, 0.29) is 5.54 Å². The summed E-state index contributed by atoms with van der Waals surface area (Å²) in [6.07, 6.45) is 6.71. The molecule has 0 radical (unpaired) electrons. The first kappa shape index (κ1) is 14.9. The molecule has 2 N–H and O–H groups in total. The van der Waals surface area contributed by atoms with E-state index in [2.05, 4.69) is 25.8 Å². The Morgan fingerprint density at radius 2 is 1.88 bits per heavy atom. The van der Waals surface area contributed by atoms with Crippen molar-refractivity contribution in [2.75, 3.05) is 27.3 Å². The first-order valence-electron chi connectivity index (χ1n) is 6.99. The largest absolute Gasteiger partial charge is 0.383 e. The summed E-state index contributed by atoms with van der Waals surface area (Å²) in [5, 5.41) is 0. The lowest BCUT2D eigenvalue weighted by Crippen LogP contribution is -2.57. The molecule has 1 unspecified atom stereocenters. The van der Waals surface area contributed by atoms with E-state index in [0.29, 0.717) is 19.2 Å². The summed E-state index contributed by atoms with van der Waals surface area (Å²) < 4.78 is 5.33. The Bertz CT molecular complexity index is 214. The molecule has 0 amide bonds. The van der Waals surface area contributed by atoms with Crippen LogP contribution in [0.4, 0.5) is 0 Å². The van der Waals surface area contributed by atoms with Crippen molar-refractivity contribution in [3.05, 3.63) is 0 Å². The Balaban J connectivity index is 2.54. The zero-order valence-electron chi connectivity index (χ0n) is 12.0. The minimum Gasteiger partial charge on any atom is -0.383 e. The minimum absolute atomic E-state index is 0.0154. The molecule has 0 aromatic heterocycles. The second-order valence-corrected chi connectivity index (χ2v) is 5.83. The molecule has 1 fully saturated rings. The Morgan fingerprint density at radius 1 is 1.29 bits per heavy atom. The van der Waals surface area contributed by atoms with Gasteiger partial charge in [-0.2, -0.15) is 0 Å². The van der Waals surface area contributed by atoms with E-state index < -0.39 is 0 Å². The van der Waals surface area contributed by atoms with E-state index in [4.69, 9.17) is 10.5 Å². The number of ether oxygens (including phenoxy) is 1. The number of hydrogen-bond acceptors (Lipinski definition) is 3. The van der Waals surface area contributed by atoms with Crippen molar-refractivity contribution in [3.63, 3.8) is 0 Å². The van der Waals surface area contributed by atoms with Crippen LogP contribution in [0.15, 0.2) is 0 Å². The molecule has 0 aromatic carbocycles. The van der Waals surface area contributed by atoms with Gasteiger partial charge >= 0.3 is 0 Å². The summed E-state index contributed by atoms with van der Waals surface area (Å²) in [6.45, 7) is 5.89. The van der Waals surface area contributed by atoms with Crippen molar-refractivity contribution in [3.8, 4) is 0 Å². The van der Waals surface area contributed by atoms with Crippen LogP contribution in [0.1, 0.15) is 46.0 Å². The van der Waals surface area contributed by atoms with E-state index in [1.165, 1.54) is 32.1 Å². The summed E-state index contributed by atoms with van der Waals surface area (Å²) in [7, 11) is 3.97. The molecular weight excluding hydrogens is 212 g/mol. The fourth-order valence-corrected chi connectivity index (χ4v) is 3.00. The maximum atomic E-state index is 5.93. The number of rotatable bonds is 6. The third-order valence-corrected chi connectivity index (χ3v) is 4.69. The van der Waals surface area contributed by atoms with Crippen LogP contribution >= 0.6 is 0 Å². The first-order valence-corrected chi connectivity index (χ1v) is 6.99. The van der Waals surface area contributed by atoms with Gasteiger partial charge in [-0.05, 0) is 45.6 Å². The smallest absolute Gasteiger partial charge is 0.0656 e. The fraction of sp³-hybridized carbons (Fsp3) is 1.00. The van der Waals surface area contributed by atoms with Gasteiger partial charge < -0.3 is 10.5 Å². The van der Waals surface area contributed by atoms with Crippen molar-refractivity contribution >= 4 is 0 Å². The molecule has 17 heavy (non-hydrogen) atoms. The normalized spacial score (nSPS) is 29.3. The molecule has 1 saturated carbocycles. The molecule has 1 rings (SSSR count). The van der Waals surface area contributed by atoms with Crippen LogP contribution < -0.4 is 5.73 Å². The molecule has 102 valence electrons. The van der Waals surface area contributed by atoms with Crippen molar-refractivity contribution in [2.45, 2.75) is 57.5 Å². The van der Waals surface area contributed by atoms with Crippen molar-refractivity contribution in [2.24, 2.45) is 11.7 Å². The third kappa shape index (κ3) is 3.67. The van der Waals surface area contributed by atoms with E-state index in [9.17, 15) is 0 Å². The van der Waals surface area contributed by atoms with E-state index in [0.717, 1.165) is 5.92 Å². The van der Waals surface area contributed by atoms with Gasteiger partial charge in [0.2, 0.25) is 0 Å². The zero-order chi connectivity index (χ0) is 12.9. The monoisotopic (exact) mass is 242 g/mol. The summed E-state index contributed by atoms with van der Waals surface area (Å²) >= 11 is 0. The predicted octanol–water partition coefficient (Wildman–Crippen LogP) is 2.25. The van der Waals surface area contributed by atoms with Crippen LogP contribution in [0.3, 0.4) is 0 Å². The molecule has 0 saturated heterocycles. The molecular formula is C14H30N2O. The van der Waals surface area contributed by atoms with Gasteiger partial charge in [-0.25, -0.2) is 0 Å². The first-order chi connectivity index (χ1) is 8.07. The molecule has 0 spiro atoms. The minimum atomic E-state index is -0.0154. The molecule has 3 heteroatoms. The van der Waals surface area contributed by atoms with E-state index in [1.807, 2.05) is 0 Å². The standard InChI is InChI=1S/C14H30N2O/c1-5-12-6-8-13(9-7-12)16(3)14(2,10-15)11-17-4/h12-13H,5-11,15H2,1-4H3. The second-order valence-electron chi connectivity index (χ2n) is 5.83. The summed E-state index contributed by atoms with van der Waals surface area (Å²) in [4.78, 5) is 2.46. The highest BCUT2D eigenvalue weighted by atomic mass is 16.5. The van der Waals surface area contributed by atoms with Crippen LogP contribution in [-0.2, 0) is 4.74 Å². The average Bonchev–Trinajstić information content (AvgIpc) is 2.38. The lowest BCUT2D eigenvalue weighted by atomic mass is 9.82. The Hall–Kier alpha value is -0.120. The highest BCUT2D eigenvalue weighted by Crippen LogP contribution is 2.31. The van der Waals surface area contributed by atoms with Crippen molar-refractivity contribution in [1.29, 1.82) is 0 Å². The number of nitrogens with zero attached hydrogens (tertiary/aromatic N) is 1. The number of nitrogens with two attached hydrogens (primary N) is 1. The van der Waals surface area contributed by atoms with Crippen LogP contribution in [0.2, 0.25) is 0 Å². The Kier molecular flexibility index (Phi) is 5.90. The van der Waals surface area contributed by atoms with Crippen LogP contribution in [0, 0.1) is 5.92 Å². The molecule has 0 aromatic rings. The van der Waals surface area contributed by atoms with Crippen LogP contribution in [0.5, 0.6) is 0 Å². The van der Waals surface area contributed by atoms with Gasteiger partial charge in [0.25, 0.3) is 0 Å². The third-order valence-electron chi connectivity index (χ3n) is 4.69. The maximum absolute atomic E-state index is 5.93. The van der Waals surface area contributed by atoms with Gasteiger partial charge in [0.05, 0.1) is 12.1 Å². The molecule has 0 bridgehead atoms. The van der Waals surface area contributed by atoms with Crippen LogP contribution in [-0.4, -0.2) is 43.8 Å². The molecule has 1 aliphatic carbocycles. The van der Waals surface area contributed by atoms with Gasteiger partial charge in [-0.1, -0.05) is 13.3 Å². The average molecular weight is 242 g/mol. The highest BCUT2D eigenvalue weighted by Gasteiger charge is 2.34. The van der Waals surface area contributed by atoms with Gasteiger partial charge in [0.1, 0.15) is 0 Å². The molecule has 0 heterocycles. The number of likely N-dealkylation sites (N-methyl/N-ethyl adjacent to an activating group) is 1. The van der Waals surface area contributed by atoms with Crippen molar-refractivity contribution < 1.29 is 4.74 Å². The maximum Gasteiger partial charge on any atom is 0.0656 e. The zero-order valence-corrected chi connectivity index (χ0v) is 12.0. The Morgan fingerprint density at radius 3 is 2.29 bits per heavy atom. The highest BCUT2D eigenvalue weighted by molar-refractivity contribution is 4.91. The lowest BCUT2D eigenvalue weighted by Gasteiger charge is -2.45. The van der Waals surface area contributed by atoms with E-state index >= 15 is 0 Å². The van der Waals surface area contributed by atoms with Gasteiger partial charge in [0.15, 0.2) is 0 Å². The molecule has 3 nitrogen and oxygen atoms in total. The summed E-state index contributed by atoms with van der Waals surface area (Å²) in [5.74, 6) is 0.950. The van der Waals surface area contributed by atoms with Crippen LogP contribution in [0.25, 0.3) is 0 Å². The number of hydrogen-bond donors (Lipinski definition) is 1. The van der Waals surface area contributed by atoms with Gasteiger partial charge in [0, 0.05) is 19.7 Å². The molecule has 1 aliphatic rings. The van der Waals surface area contributed by atoms with Crippen molar-refractivity contribution in [1.82, 2.24) is 4.90 Å². The van der Waals surface area contributed by atoms with E-state index in [1.54, 1.807) is 7.11 Å². The second kappa shape index (κ2) is 6.72. The summed E-state index contributed by atoms with van der Waals surface area (Å²) in [5.41, 5.74) is 5.92. The Labute approximate surface area is 107 Å². The molecule has 1 atom stereocenters. The SMILES string of the molecule is CCC1CCC(N(C)C(C)(CN)COC)CC1. The fourth-order valence-electron chi connectivity index (χ4n) is 3.00. The summed E-state index contributed by atoms with van der Waals surface area (Å²) in [6, 6.07) is 0.682.